The quantitative estimate of drug-likeness (QED) is 0.551. The molecule has 1 amide bonds. The Kier molecular flexibility index (Phi) is 3.20. The van der Waals surface area contributed by atoms with Crippen LogP contribution in [0.25, 0.3) is 6.08 Å². The number of carbonyl (C=O) groups is 1. The molecule has 0 aliphatic rings. The maximum atomic E-state index is 11.5. The molecule has 5 heteroatoms. The minimum absolute atomic E-state index is 0.217. The van der Waals surface area contributed by atoms with Crippen LogP contribution in [0.4, 0.5) is 11.5 Å². The number of nitrogens with zero attached hydrogens (tertiary/aromatic N) is 1. The molecule has 86 valence electrons. The van der Waals surface area contributed by atoms with Crippen molar-refractivity contribution in [3.63, 3.8) is 0 Å². The van der Waals surface area contributed by atoms with Crippen LogP contribution in [0.5, 0.6) is 0 Å². The first kappa shape index (κ1) is 10.9. The summed E-state index contributed by atoms with van der Waals surface area (Å²) in [5, 5.41) is 9.00. The highest BCUT2D eigenvalue weighted by Crippen LogP contribution is 2.07. The third-order valence-corrected chi connectivity index (χ3v) is 2.12. The van der Waals surface area contributed by atoms with Crippen LogP contribution in [-0.2, 0) is 4.79 Å². The monoisotopic (exact) mass is 228 g/mol. The number of rotatable bonds is 3. The zero-order valence-corrected chi connectivity index (χ0v) is 9.05. The third kappa shape index (κ3) is 3.20. The molecule has 0 atom stereocenters. The summed E-state index contributed by atoms with van der Waals surface area (Å²) < 4.78 is 0. The van der Waals surface area contributed by atoms with Gasteiger partial charge in [-0.25, -0.2) is 0 Å². The zero-order valence-electron chi connectivity index (χ0n) is 9.05. The molecule has 1 aromatic carbocycles. The van der Waals surface area contributed by atoms with Gasteiger partial charge in [0, 0.05) is 17.8 Å². The largest absolute Gasteiger partial charge is 0.399 e. The van der Waals surface area contributed by atoms with Crippen LogP contribution in [0.15, 0.2) is 42.6 Å². The lowest BCUT2D eigenvalue weighted by molar-refractivity contribution is -0.111. The first-order valence-corrected chi connectivity index (χ1v) is 5.08. The van der Waals surface area contributed by atoms with Crippen molar-refractivity contribution in [2.24, 2.45) is 0 Å². The Hall–Kier alpha value is -2.56. The number of anilines is 2. The summed E-state index contributed by atoms with van der Waals surface area (Å²) in [5.74, 6) is 0.350. The molecule has 0 bridgehead atoms. The van der Waals surface area contributed by atoms with Gasteiger partial charge in [0.1, 0.15) is 5.82 Å². The molecule has 1 aromatic heterocycles. The molecule has 0 unspecified atom stereocenters. The van der Waals surface area contributed by atoms with Crippen molar-refractivity contribution in [2.75, 3.05) is 11.1 Å². The Morgan fingerprint density at radius 3 is 2.71 bits per heavy atom. The summed E-state index contributed by atoms with van der Waals surface area (Å²) in [6.07, 6.45) is 4.73. The highest BCUT2D eigenvalue weighted by molar-refractivity contribution is 6.01. The van der Waals surface area contributed by atoms with Crippen LogP contribution in [0.2, 0.25) is 0 Å². The van der Waals surface area contributed by atoms with Crippen molar-refractivity contribution in [3.05, 3.63) is 48.2 Å². The van der Waals surface area contributed by atoms with E-state index in [0.717, 1.165) is 5.56 Å². The number of carbonyl (C=O) groups excluding carboxylic acids is 1. The van der Waals surface area contributed by atoms with Gasteiger partial charge in [0.15, 0.2) is 0 Å². The first-order valence-electron chi connectivity index (χ1n) is 5.08. The number of aromatic amines is 1. The van der Waals surface area contributed by atoms with E-state index in [4.69, 9.17) is 5.73 Å². The van der Waals surface area contributed by atoms with Crippen LogP contribution in [0.3, 0.4) is 0 Å². The van der Waals surface area contributed by atoms with E-state index in [-0.39, 0.29) is 5.91 Å². The van der Waals surface area contributed by atoms with Gasteiger partial charge < -0.3 is 11.1 Å². The molecule has 0 aliphatic heterocycles. The van der Waals surface area contributed by atoms with Crippen LogP contribution in [0, 0.1) is 0 Å². The lowest BCUT2D eigenvalue weighted by atomic mass is 10.2. The number of nitrogen functional groups attached to an aromatic ring is 1. The fourth-order valence-corrected chi connectivity index (χ4v) is 1.28. The van der Waals surface area contributed by atoms with Gasteiger partial charge in [0.2, 0.25) is 5.91 Å². The summed E-state index contributed by atoms with van der Waals surface area (Å²) in [6, 6.07) is 8.93. The van der Waals surface area contributed by atoms with Crippen LogP contribution in [0.1, 0.15) is 5.56 Å². The van der Waals surface area contributed by atoms with Gasteiger partial charge >= 0.3 is 0 Å². The Labute approximate surface area is 98.3 Å². The van der Waals surface area contributed by atoms with Crippen molar-refractivity contribution >= 4 is 23.5 Å². The molecular weight excluding hydrogens is 216 g/mol. The highest BCUT2D eigenvalue weighted by Gasteiger charge is 1.97. The molecule has 1 heterocycles. The summed E-state index contributed by atoms with van der Waals surface area (Å²) in [7, 11) is 0. The van der Waals surface area contributed by atoms with Crippen molar-refractivity contribution in [3.8, 4) is 0 Å². The zero-order chi connectivity index (χ0) is 12.1. The molecular formula is C12H12N4O. The summed E-state index contributed by atoms with van der Waals surface area (Å²) in [6.45, 7) is 0. The molecule has 17 heavy (non-hydrogen) atoms. The highest BCUT2D eigenvalue weighted by atomic mass is 16.1. The lowest BCUT2D eigenvalue weighted by Crippen LogP contribution is -2.07. The third-order valence-electron chi connectivity index (χ3n) is 2.12. The van der Waals surface area contributed by atoms with Gasteiger partial charge in [-0.3, -0.25) is 9.89 Å². The summed E-state index contributed by atoms with van der Waals surface area (Å²) in [4.78, 5) is 11.5. The maximum absolute atomic E-state index is 11.5. The fourth-order valence-electron chi connectivity index (χ4n) is 1.28. The second-order valence-corrected chi connectivity index (χ2v) is 3.46. The number of nitrogens with one attached hydrogen (secondary N) is 2. The average molecular weight is 228 g/mol. The Bertz CT molecular complexity index is 514. The second kappa shape index (κ2) is 4.98. The molecule has 5 nitrogen and oxygen atoms in total. The Balaban J connectivity index is 1.96. The van der Waals surface area contributed by atoms with E-state index in [2.05, 4.69) is 15.5 Å². The van der Waals surface area contributed by atoms with Crippen LogP contribution < -0.4 is 11.1 Å². The second-order valence-electron chi connectivity index (χ2n) is 3.46. The molecule has 0 aliphatic carbocycles. The van der Waals surface area contributed by atoms with Gasteiger partial charge in [-0.1, -0.05) is 12.1 Å². The molecule has 0 saturated carbocycles. The first-order chi connectivity index (χ1) is 8.24. The maximum Gasteiger partial charge on any atom is 0.249 e. The number of benzene rings is 1. The molecule has 4 N–H and O–H groups in total. The average Bonchev–Trinajstić information content (AvgIpc) is 2.81. The predicted molar refractivity (Wildman–Crippen MR) is 67.1 cm³/mol. The van der Waals surface area contributed by atoms with Crippen molar-refractivity contribution < 1.29 is 4.79 Å². The molecule has 0 spiro atoms. The van der Waals surface area contributed by atoms with Crippen LogP contribution in [-0.4, -0.2) is 16.1 Å². The van der Waals surface area contributed by atoms with E-state index in [9.17, 15) is 4.79 Å². The summed E-state index contributed by atoms with van der Waals surface area (Å²) in [5.41, 5.74) is 7.17. The van der Waals surface area contributed by atoms with E-state index < -0.39 is 0 Å². The number of amides is 1. The molecule has 0 fully saturated rings. The predicted octanol–water partition coefficient (Wildman–Crippen LogP) is 1.64. The minimum Gasteiger partial charge on any atom is -0.399 e. The Morgan fingerprint density at radius 1 is 1.29 bits per heavy atom. The standard InChI is InChI=1S/C12H12N4O/c13-10-4-1-9(2-5-10)3-6-12(17)15-11-7-8-14-16-11/h1-8H,13H2,(H2,14,15,16,17)/b6-3+. The van der Waals surface area contributed by atoms with Gasteiger partial charge in [-0.05, 0) is 23.8 Å². The van der Waals surface area contributed by atoms with Crippen molar-refractivity contribution in [1.29, 1.82) is 0 Å². The van der Waals surface area contributed by atoms with Gasteiger partial charge in [-0.15, -0.1) is 0 Å². The van der Waals surface area contributed by atoms with Gasteiger partial charge in [-0.2, -0.15) is 5.10 Å². The van der Waals surface area contributed by atoms with E-state index in [1.807, 2.05) is 12.1 Å². The van der Waals surface area contributed by atoms with E-state index in [1.165, 1.54) is 6.08 Å². The topological polar surface area (TPSA) is 83.8 Å². The van der Waals surface area contributed by atoms with Gasteiger partial charge in [0.05, 0.1) is 6.20 Å². The number of H-pyrrole nitrogens is 1. The van der Waals surface area contributed by atoms with E-state index >= 15 is 0 Å². The van der Waals surface area contributed by atoms with Crippen LogP contribution >= 0.6 is 0 Å². The Morgan fingerprint density at radius 2 is 2.06 bits per heavy atom. The van der Waals surface area contributed by atoms with Crippen molar-refractivity contribution in [1.82, 2.24) is 10.2 Å². The van der Waals surface area contributed by atoms with E-state index in [1.54, 1.807) is 30.5 Å². The smallest absolute Gasteiger partial charge is 0.249 e. The van der Waals surface area contributed by atoms with Crippen molar-refractivity contribution in [2.45, 2.75) is 0 Å². The summed E-state index contributed by atoms with van der Waals surface area (Å²) >= 11 is 0. The van der Waals surface area contributed by atoms with E-state index in [0.29, 0.717) is 11.5 Å². The minimum atomic E-state index is -0.217. The molecule has 0 saturated heterocycles. The number of hydrogen-bond acceptors (Lipinski definition) is 3. The molecule has 2 rings (SSSR count). The number of aromatic nitrogens is 2. The fraction of sp³-hybridized carbons (Fsp3) is 0. The molecule has 0 radical (unpaired) electrons. The molecule has 2 aromatic rings. The van der Waals surface area contributed by atoms with Gasteiger partial charge in [0.25, 0.3) is 0 Å². The SMILES string of the molecule is Nc1ccc(/C=C/C(=O)Nc2ccn[nH]2)cc1. The number of nitrogens with two attached hydrogens (primary N) is 1. The number of hydrogen-bond donors (Lipinski definition) is 3. The lowest BCUT2D eigenvalue weighted by Gasteiger charge is -1.97. The normalized spacial score (nSPS) is 10.6.